The third-order valence-electron chi connectivity index (χ3n) is 5.04. The second-order valence-corrected chi connectivity index (χ2v) is 7.69. The molecule has 2 unspecified atom stereocenters. The van der Waals surface area contributed by atoms with E-state index < -0.39 is 0 Å². The number of hydrogen-bond acceptors (Lipinski definition) is 4. The summed E-state index contributed by atoms with van der Waals surface area (Å²) in [6.45, 7) is 12.2. The highest BCUT2D eigenvalue weighted by Gasteiger charge is 2.14. The second-order valence-electron chi connectivity index (χ2n) is 7.69. The van der Waals surface area contributed by atoms with Gasteiger partial charge >= 0.3 is 0 Å². The first kappa shape index (κ1) is 21.1. The topological polar surface area (TPSA) is 76.1 Å². The van der Waals surface area contributed by atoms with Crippen molar-refractivity contribution < 1.29 is 0 Å². The molecular formula is C20H38N4. The highest BCUT2D eigenvalue weighted by Crippen LogP contribution is 2.10. The molecule has 2 atom stereocenters. The molecule has 0 bridgehead atoms. The van der Waals surface area contributed by atoms with Crippen molar-refractivity contribution in [2.24, 2.45) is 11.5 Å². The Morgan fingerprint density at radius 3 is 1.38 bits per heavy atom. The van der Waals surface area contributed by atoms with Crippen LogP contribution in [-0.4, -0.2) is 24.2 Å². The molecule has 1 rings (SSSR count). The first-order valence-corrected chi connectivity index (χ1v) is 9.35. The van der Waals surface area contributed by atoms with Crippen LogP contribution in [0.15, 0.2) is 24.3 Å². The summed E-state index contributed by atoms with van der Waals surface area (Å²) in [6.07, 6.45) is 4.03. The van der Waals surface area contributed by atoms with Crippen molar-refractivity contribution in [3.63, 3.8) is 0 Å². The van der Waals surface area contributed by atoms with E-state index >= 15 is 0 Å². The standard InChI is InChI=1S/C20H38N4/c1-5-19(3,21)11-13-23-15-17-7-9-18(10-8-17)16-24-14-12-20(4,22)6-2/h7-10,23-24H,5-6,11-16,21-22H2,1-4H3. The van der Waals surface area contributed by atoms with E-state index in [0.29, 0.717) is 0 Å². The lowest BCUT2D eigenvalue weighted by atomic mass is 9.96. The summed E-state index contributed by atoms with van der Waals surface area (Å²) in [5.74, 6) is 0. The summed E-state index contributed by atoms with van der Waals surface area (Å²) in [5.41, 5.74) is 14.8. The molecule has 0 saturated carbocycles. The van der Waals surface area contributed by atoms with Gasteiger partial charge in [0.1, 0.15) is 0 Å². The first-order chi connectivity index (χ1) is 11.3. The quantitative estimate of drug-likeness (QED) is 0.443. The number of benzene rings is 1. The second kappa shape index (κ2) is 10.1. The average molecular weight is 335 g/mol. The van der Waals surface area contributed by atoms with Crippen molar-refractivity contribution in [1.29, 1.82) is 0 Å². The Morgan fingerprint density at radius 2 is 1.08 bits per heavy atom. The van der Waals surface area contributed by atoms with Gasteiger partial charge in [-0.3, -0.25) is 0 Å². The number of rotatable bonds is 12. The molecule has 4 nitrogen and oxygen atoms in total. The highest BCUT2D eigenvalue weighted by molar-refractivity contribution is 5.22. The summed E-state index contributed by atoms with van der Waals surface area (Å²) < 4.78 is 0. The molecule has 4 heteroatoms. The van der Waals surface area contributed by atoms with E-state index in [4.69, 9.17) is 11.5 Å². The van der Waals surface area contributed by atoms with Crippen molar-refractivity contribution in [1.82, 2.24) is 10.6 Å². The van der Waals surface area contributed by atoms with Crippen LogP contribution in [0.25, 0.3) is 0 Å². The lowest BCUT2D eigenvalue weighted by Gasteiger charge is -2.22. The van der Waals surface area contributed by atoms with Gasteiger partial charge < -0.3 is 22.1 Å². The van der Waals surface area contributed by atoms with Crippen LogP contribution in [0.1, 0.15) is 64.5 Å². The van der Waals surface area contributed by atoms with Gasteiger partial charge in [-0.2, -0.15) is 0 Å². The summed E-state index contributed by atoms with van der Waals surface area (Å²) in [6, 6.07) is 8.80. The van der Waals surface area contributed by atoms with E-state index in [2.05, 4.69) is 62.6 Å². The lowest BCUT2D eigenvalue weighted by Crippen LogP contribution is -2.38. The lowest BCUT2D eigenvalue weighted by molar-refractivity contribution is 0.404. The normalized spacial score (nSPS) is 16.6. The fourth-order valence-electron chi connectivity index (χ4n) is 2.34. The monoisotopic (exact) mass is 334 g/mol. The van der Waals surface area contributed by atoms with E-state index in [1.54, 1.807) is 0 Å². The largest absolute Gasteiger partial charge is 0.325 e. The predicted octanol–water partition coefficient (Wildman–Crippen LogP) is 2.90. The van der Waals surface area contributed by atoms with Gasteiger partial charge in [0.2, 0.25) is 0 Å². The maximum Gasteiger partial charge on any atom is 0.0205 e. The molecule has 0 saturated heterocycles. The molecule has 0 aliphatic rings. The Labute approximate surface area is 148 Å². The molecule has 1 aromatic rings. The van der Waals surface area contributed by atoms with Crippen molar-refractivity contribution >= 4 is 0 Å². The molecule has 6 N–H and O–H groups in total. The van der Waals surface area contributed by atoms with Crippen LogP contribution in [0.3, 0.4) is 0 Å². The zero-order valence-electron chi connectivity index (χ0n) is 16.1. The summed E-state index contributed by atoms with van der Waals surface area (Å²) in [7, 11) is 0. The van der Waals surface area contributed by atoms with Crippen LogP contribution in [0, 0.1) is 0 Å². The molecule has 0 aliphatic carbocycles. The van der Waals surface area contributed by atoms with Crippen LogP contribution >= 0.6 is 0 Å². The Kier molecular flexibility index (Phi) is 8.92. The van der Waals surface area contributed by atoms with Crippen molar-refractivity contribution in [2.45, 2.75) is 77.5 Å². The van der Waals surface area contributed by atoms with Gasteiger partial charge in [-0.15, -0.1) is 0 Å². The molecule has 138 valence electrons. The smallest absolute Gasteiger partial charge is 0.0205 e. The first-order valence-electron chi connectivity index (χ1n) is 9.35. The van der Waals surface area contributed by atoms with Crippen LogP contribution in [0.2, 0.25) is 0 Å². The summed E-state index contributed by atoms with van der Waals surface area (Å²) in [4.78, 5) is 0. The van der Waals surface area contributed by atoms with Crippen molar-refractivity contribution in [3.8, 4) is 0 Å². The third kappa shape index (κ3) is 8.78. The molecule has 1 aromatic carbocycles. The van der Waals surface area contributed by atoms with E-state index in [1.807, 2.05) is 0 Å². The molecule has 24 heavy (non-hydrogen) atoms. The van der Waals surface area contributed by atoms with Crippen molar-refractivity contribution in [2.75, 3.05) is 13.1 Å². The van der Waals surface area contributed by atoms with Gasteiger partial charge in [0, 0.05) is 24.2 Å². The summed E-state index contributed by atoms with van der Waals surface area (Å²) in [5, 5.41) is 6.95. The third-order valence-corrected chi connectivity index (χ3v) is 5.04. The van der Waals surface area contributed by atoms with Crippen molar-refractivity contribution in [3.05, 3.63) is 35.4 Å². The maximum atomic E-state index is 6.15. The molecule has 0 aliphatic heterocycles. The maximum absolute atomic E-state index is 6.15. The zero-order chi connectivity index (χ0) is 18.1. The fraction of sp³-hybridized carbons (Fsp3) is 0.700. The predicted molar refractivity (Wildman–Crippen MR) is 105 cm³/mol. The van der Waals surface area contributed by atoms with E-state index in [9.17, 15) is 0 Å². The van der Waals surface area contributed by atoms with Crippen LogP contribution in [0.5, 0.6) is 0 Å². The molecule has 0 aromatic heterocycles. The molecule has 0 spiro atoms. The molecule has 0 amide bonds. The Morgan fingerprint density at radius 1 is 0.750 bits per heavy atom. The minimum Gasteiger partial charge on any atom is -0.325 e. The van der Waals surface area contributed by atoms with Crippen LogP contribution in [-0.2, 0) is 13.1 Å². The van der Waals surface area contributed by atoms with Gasteiger partial charge in [-0.05, 0) is 63.7 Å². The summed E-state index contributed by atoms with van der Waals surface area (Å²) >= 11 is 0. The van der Waals surface area contributed by atoms with E-state index in [-0.39, 0.29) is 11.1 Å². The average Bonchev–Trinajstić information content (AvgIpc) is 2.57. The van der Waals surface area contributed by atoms with E-state index in [0.717, 1.165) is 51.9 Å². The Bertz CT molecular complexity index is 408. The number of nitrogens with one attached hydrogen (secondary N) is 2. The minimum atomic E-state index is -0.0556. The van der Waals surface area contributed by atoms with Gasteiger partial charge in [-0.25, -0.2) is 0 Å². The minimum absolute atomic E-state index is 0.0556. The molecule has 0 fully saturated rings. The molecule has 0 heterocycles. The number of nitrogens with two attached hydrogens (primary N) is 2. The van der Waals surface area contributed by atoms with Gasteiger partial charge in [0.15, 0.2) is 0 Å². The highest BCUT2D eigenvalue weighted by atomic mass is 14.9. The molecular weight excluding hydrogens is 296 g/mol. The van der Waals surface area contributed by atoms with Gasteiger partial charge in [-0.1, -0.05) is 38.1 Å². The van der Waals surface area contributed by atoms with Gasteiger partial charge in [0.25, 0.3) is 0 Å². The Balaban J connectivity index is 2.23. The molecule has 0 radical (unpaired) electrons. The fourth-order valence-corrected chi connectivity index (χ4v) is 2.34. The number of hydrogen-bond donors (Lipinski definition) is 4. The van der Waals surface area contributed by atoms with Gasteiger partial charge in [0.05, 0.1) is 0 Å². The SMILES string of the molecule is CCC(C)(N)CCNCc1ccc(CNCCC(C)(N)CC)cc1. The zero-order valence-corrected chi connectivity index (χ0v) is 16.1. The Hall–Kier alpha value is -0.940. The van der Waals surface area contributed by atoms with Crippen LogP contribution < -0.4 is 22.1 Å². The van der Waals surface area contributed by atoms with E-state index in [1.165, 1.54) is 11.1 Å². The van der Waals surface area contributed by atoms with Crippen LogP contribution in [0.4, 0.5) is 0 Å².